The average Bonchev–Trinajstić information content (AvgIpc) is 2.89. The molecule has 3 amide bonds. The molecule has 8 nitrogen and oxygen atoms in total. The SMILES string of the molecule is CNC(=O)c1cc(Oc2ccc(NC(=O)Nc3cccc(-c4cc(C(F)(F)F)ccc4O)c3)cc2)ccn1. The van der Waals surface area contributed by atoms with Crippen molar-refractivity contribution in [2.75, 3.05) is 17.7 Å². The van der Waals surface area contributed by atoms with Gasteiger partial charge in [0.15, 0.2) is 0 Å². The molecule has 4 N–H and O–H groups in total. The van der Waals surface area contributed by atoms with Gasteiger partial charge >= 0.3 is 12.2 Å². The van der Waals surface area contributed by atoms with Gasteiger partial charge in [0, 0.05) is 36.2 Å². The molecule has 0 aliphatic rings. The van der Waals surface area contributed by atoms with Crippen molar-refractivity contribution >= 4 is 23.3 Å². The number of urea groups is 1. The Labute approximate surface area is 215 Å². The molecule has 1 heterocycles. The van der Waals surface area contributed by atoms with E-state index in [2.05, 4.69) is 20.9 Å². The molecule has 0 aliphatic carbocycles. The summed E-state index contributed by atoms with van der Waals surface area (Å²) >= 11 is 0. The molecule has 0 aliphatic heterocycles. The second-order valence-corrected chi connectivity index (χ2v) is 7.97. The van der Waals surface area contributed by atoms with Gasteiger partial charge in [0.05, 0.1) is 5.56 Å². The zero-order chi connectivity index (χ0) is 27.3. The summed E-state index contributed by atoms with van der Waals surface area (Å²) in [5.74, 6) is 0.194. The number of nitrogens with zero attached hydrogens (tertiary/aromatic N) is 1. The van der Waals surface area contributed by atoms with Crippen LogP contribution in [0.3, 0.4) is 0 Å². The van der Waals surface area contributed by atoms with Gasteiger partial charge in [-0.3, -0.25) is 9.78 Å². The molecule has 38 heavy (non-hydrogen) atoms. The van der Waals surface area contributed by atoms with Crippen LogP contribution in [-0.2, 0) is 6.18 Å². The number of aromatic nitrogens is 1. The first kappa shape index (κ1) is 26.0. The van der Waals surface area contributed by atoms with Gasteiger partial charge in [-0.1, -0.05) is 12.1 Å². The van der Waals surface area contributed by atoms with Crippen molar-refractivity contribution in [1.82, 2.24) is 10.3 Å². The number of carbonyl (C=O) groups excluding carboxylic acids is 2. The number of alkyl halides is 3. The molecular weight excluding hydrogens is 501 g/mol. The smallest absolute Gasteiger partial charge is 0.416 e. The number of benzene rings is 3. The van der Waals surface area contributed by atoms with Crippen molar-refractivity contribution in [3.05, 3.63) is 96.3 Å². The number of aromatic hydroxyl groups is 1. The minimum Gasteiger partial charge on any atom is -0.507 e. The van der Waals surface area contributed by atoms with Crippen LogP contribution in [0, 0.1) is 0 Å². The molecule has 4 rings (SSSR count). The highest BCUT2D eigenvalue weighted by atomic mass is 19.4. The first-order chi connectivity index (χ1) is 18.1. The predicted molar refractivity (Wildman–Crippen MR) is 135 cm³/mol. The molecule has 0 fully saturated rings. The minimum atomic E-state index is -4.56. The van der Waals surface area contributed by atoms with Crippen molar-refractivity contribution in [2.45, 2.75) is 6.18 Å². The number of halogens is 3. The molecular formula is C27H21F3N4O4. The van der Waals surface area contributed by atoms with E-state index < -0.39 is 17.8 Å². The molecule has 3 aromatic carbocycles. The molecule has 11 heteroatoms. The number of phenolic OH excluding ortho intramolecular Hbond substituents is 1. The molecule has 0 radical (unpaired) electrons. The standard InChI is InChI=1S/C27H21F3N4O4/c1-31-25(36)23-15-21(11-12-32-23)38-20-8-6-18(7-9-20)33-26(37)34-19-4-2-3-16(13-19)22-14-17(27(28,29)30)5-10-24(22)35/h2-15,35H,1H3,(H,31,36)(H2,33,34,37). The zero-order valence-corrected chi connectivity index (χ0v) is 19.8. The Hall–Kier alpha value is -5.06. The molecule has 0 bridgehead atoms. The fourth-order valence-corrected chi connectivity index (χ4v) is 3.47. The summed E-state index contributed by atoms with van der Waals surface area (Å²) in [6, 6.07) is 17.7. The van der Waals surface area contributed by atoms with E-state index in [1.807, 2.05) is 0 Å². The predicted octanol–water partition coefficient (Wildman–Crippen LogP) is 6.27. The van der Waals surface area contributed by atoms with Crippen molar-refractivity contribution in [2.24, 2.45) is 0 Å². The molecule has 0 unspecified atom stereocenters. The van der Waals surface area contributed by atoms with E-state index in [-0.39, 0.29) is 22.9 Å². The maximum absolute atomic E-state index is 13.1. The number of amides is 3. The van der Waals surface area contributed by atoms with Crippen LogP contribution in [0.1, 0.15) is 16.1 Å². The van der Waals surface area contributed by atoms with Crippen LogP contribution >= 0.6 is 0 Å². The fraction of sp³-hybridized carbons (Fsp3) is 0.0741. The summed E-state index contributed by atoms with van der Waals surface area (Å²) in [7, 11) is 1.50. The topological polar surface area (TPSA) is 113 Å². The van der Waals surface area contributed by atoms with Crippen LogP contribution in [0.4, 0.5) is 29.3 Å². The van der Waals surface area contributed by atoms with Gasteiger partial charge in [0.1, 0.15) is 22.9 Å². The number of anilines is 2. The molecule has 0 spiro atoms. The highest BCUT2D eigenvalue weighted by Crippen LogP contribution is 2.37. The van der Waals surface area contributed by atoms with Gasteiger partial charge in [-0.15, -0.1) is 0 Å². The Kier molecular flexibility index (Phi) is 7.47. The Bertz CT molecular complexity index is 1470. The Morgan fingerprint density at radius 1 is 0.868 bits per heavy atom. The molecule has 0 atom stereocenters. The van der Waals surface area contributed by atoms with E-state index in [0.717, 1.165) is 18.2 Å². The fourth-order valence-electron chi connectivity index (χ4n) is 3.47. The average molecular weight is 522 g/mol. The third kappa shape index (κ3) is 6.38. The third-order valence-corrected chi connectivity index (χ3v) is 5.29. The van der Waals surface area contributed by atoms with E-state index in [1.165, 1.54) is 31.4 Å². The third-order valence-electron chi connectivity index (χ3n) is 5.29. The van der Waals surface area contributed by atoms with E-state index in [4.69, 9.17) is 4.74 Å². The van der Waals surface area contributed by atoms with E-state index in [1.54, 1.807) is 42.5 Å². The molecule has 0 saturated heterocycles. The van der Waals surface area contributed by atoms with Crippen LogP contribution in [-0.4, -0.2) is 29.1 Å². The number of phenols is 1. The Balaban J connectivity index is 1.41. The second-order valence-electron chi connectivity index (χ2n) is 7.97. The summed E-state index contributed by atoms with van der Waals surface area (Å²) in [4.78, 5) is 28.2. The summed E-state index contributed by atoms with van der Waals surface area (Å²) in [5.41, 5.74) is 0.334. The monoisotopic (exact) mass is 522 g/mol. The zero-order valence-electron chi connectivity index (χ0n) is 19.8. The van der Waals surface area contributed by atoms with Gasteiger partial charge in [-0.2, -0.15) is 13.2 Å². The molecule has 1 aromatic heterocycles. The highest BCUT2D eigenvalue weighted by molar-refractivity contribution is 6.00. The van der Waals surface area contributed by atoms with Gasteiger partial charge in [-0.05, 0) is 66.2 Å². The van der Waals surface area contributed by atoms with Crippen molar-refractivity contribution in [3.63, 3.8) is 0 Å². The number of rotatable bonds is 6. The molecule has 0 saturated carbocycles. The van der Waals surface area contributed by atoms with E-state index in [9.17, 15) is 27.9 Å². The lowest BCUT2D eigenvalue weighted by molar-refractivity contribution is -0.137. The van der Waals surface area contributed by atoms with Crippen LogP contribution in [0.5, 0.6) is 17.2 Å². The second kappa shape index (κ2) is 10.9. The maximum Gasteiger partial charge on any atom is 0.416 e. The van der Waals surface area contributed by atoms with Gasteiger partial charge in [0.25, 0.3) is 5.91 Å². The number of nitrogens with one attached hydrogen (secondary N) is 3. The van der Waals surface area contributed by atoms with Crippen LogP contribution in [0.2, 0.25) is 0 Å². The van der Waals surface area contributed by atoms with Crippen LogP contribution < -0.4 is 20.7 Å². The van der Waals surface area contributed by atoms with Crippen molar-refractivity contribution in [3.8, 4) is 28.4 Å². The number of ether oxygens (including phenoxy) is 1. The normalized spacial score (nSPS) is 10.9. The summed E-state index contributed by atoms with van der Waals surface area (Å²) in [6.45, 7) is 0. The first-order valence-corrected chi connectivity index (χ1v) is 11.2. The van der Waals surface area contributed by atoms with Crippen molar-refractivity contribution in [1.29, 1.82) is 0 Å². The van der Waals surface area contributed by atoms with Crippen LogP contribution in [0.25, 0.3) is 11.1 Å². The number of hydrogen-bond donors (Lipinski definition) is 4. The first-order valence-electron chi connectivity index (χ1n) is 11.2. The summed E-state index contributed by atoms with van der Waals surface area (Å²) < 4.78 is 45.0. The van der Waals surface area contributed by atoms with Crippen molar-refractivity contribution < 1.29 is 32.6 Å². The number of pyridine rings is 1. The van der Waals surface area contributed by atoms with Gasteiger partial charge < -0.3 is 25.8 Å². The molecule has 194 valence electrons. The Morgan fingerprint density at radius 2 is 1.61 bits per heavy atom. The van der Waals surface area contributed by atoms with Gasteiger partial charge in [0.2, 0.25) is 0 Å². The lowest BCUT2D eigenvalue weighted by Crippen LogP contribution is -2.19. The lowest BCUT2D eigenvalue weighted by atomic mass is 10.0. The minimum absolute atomic E-state index is 0.0175. The molecule has 4 aromatic rings. The van der Waals surface area contributed by atoms with E-state index >= 15 is 0 Å². The largest absolute Gasteiger partial charge is 0.507 e. The number of carbonyl (C=O) groups is 2. The van der Waals surface area contributed by atoms with Crippen LogP contribution in [0.15, 0.2) is 85.1 Å². The summed E-state index contributed by atoms with van der Waals surface area (Å²) in [5, 5.41) is 17.8. The maximum atomic E-state index is 13.1. The quantitative estimate of drug-likeness (QED) is 0.239. The Morgan fingerprint density at radius 3 is 2.32 bits per heavy atom. The lowest BCUT2D eigenvalue weighted by Gasteiger charge is -2.13. The highest BCUT2D eigenvalue weighted by Gasteiger charge is 2.31. The number of hydrogen-bond acceptors (Lipinski definition) is 5. The summed E-state index contributed by atoms with van der Waals surface area (Å²) in [6.07, 6.45) is -3.12. The van der Waals surface area contributed by atoms with Gasteiger partial charge in [-0.25, -0.2) is 4.79 Å². The van der Waals surface area contributed by atoms with E-state index in [0.29, 0.717) is 28.4 Å².